The van der Waals surface area contributed by atoms with Crippen LogP contribution in [0.3, 0.4) is 0 Å². The van der Waals surface area contributed by atoms with Gasteiger partial charge in [-0.25, -0.2) is 0 Å². The fourth-order valence-electron chi connectivity index (χ4n) is 1.89. The average molecular weight is 267 g/mol. The molecule has 0 unspecified atom stereocenters. The lowest BCUT2D eigenvalue weighted by Gasteiger charge is -2.21. The van der Waals surface area contributed by atoms with Crippen LogP contribution in [0, 0.1) is 0 Å². The van der Waals surface area contributed by atoms with Crippen LogP contribution in [0.5, 0.6) is 11.5 Å². The SMILES string of the molecule is CCOC(CNc1ccc2c(c1)OCCO2)OCC. The summed E-state index contributed by atoms with van der Waals surface area (Å²) in [5.74, 6) is 1.57. The first-order valence-corrected chi connectivity index (χ1v) is 6.70. The van der Waals surface area contributed by atoms with Crippen LogP contribution in [0.15, 0.2) is 18.2 Å². The van der Waals surface area contributed by atoms with Crippen LogP contribution in [0.4, 0.5) is 5.69 Å². The molecule has 1 aromatic carbocycles. The molecule has 0 aromatic heterocycles. The Kier molecular flexibility index (Phi) is 5.30. The highest BCUT2D eigenvalue weighted by Gasteiger charge is 2.12. The summed E-state index contributed by atoms with van der Waals surface area (Å²) in [6.45, 7) is 6.97. The topological polar surface area (TPSA) is 49.0 Å². The summed E-state index contributed by atoms with van der Waals surface area (Å²) in [6, 6.07) is 5.80. The van der Waals surface area contributed by atoms with Gasteiger partial charge in [-0.3, -0.25) is 0 Å². The lowest BCUT2D eigenvalue weighted by atomic mass is 10.2. The van der Waals surface area contributed by atoms with Gasteiger partial charge in [-0.1, -0.05) is 0 Å². The average Bonchev–Trinajstić information content (AvgIpc) is 2.45. The third-order valence-electron chi connectivity index (χ3n) is 2.72. The molecule has 19 heavy (non-hydrogen) atoms. The van der Waals surface area contributed by atoms with Crippen molar-refractivity contribution in [2.45, 2.75) is 20.1 Å². The molecule has 1 aliphatic heterocycles. The molecule has 1 heterocycles. The number of nitrogens with one attached hydrogen (secondary N) is 1. The molecule has 1 aliphatic rings. The van der Waals surface area contributed by atoms with E-state index in [1.165, 1.54) is 0 Å². The van der Waals surface area contributed by atoms with Gasteiger partial charge in [-0.2, -0.15) is 0 Å². The van der Waals surface area contributed by atoms with Gasteiger partial charge < -0.3 is 24.3 Å². The number of hydrogen-bond acceptors (Lipinski definition) is 5. The second-order valence-corrected chi connectivity index (χ2v) is 4.08. The van der Waals surface area contributed by atoms with Crippen molar-refractivity contribution in [1.29, 1.82) is 0 Å². The van der Waals surface area contributed by atoms with Gasteiger partial charge in [0.25, 0.3) is 0 Å². The Hall–Kier alpha value is -1.46. The fourth-order valence-corrected chi connectivity index (χ4v) is 1.89. The van der Waals surface area contributed by atoms with Gasteiger partial charge in [0.1, 0.15) is 13.2 Å². The molecule has 0 saturated carbocycles. The molecule has 2 rings (SSSR count). The Balaban J connectivity index is 1.91. The third kappa shape index (κ3) is 4.01. The lowest BCUT2D eigenvalue weighted by molar-refractivity contribution is -0.126. The van der Waals surface area contributed by atoms with Crippen molar-refractivity contribution in [3.63, 3.8) is 0 Å². The number of hydrogen-bond donors (Lipinski definition) is 1. The summed E-state index contributed by atoms with van der Waals surface area (Å²) < 4.78 is 22.0. The van der Waals surface area contributed by atoms with E-state index >= 15 is 0 Å². The van der Waals surface area contributed by atoms with E-state index in [2.05, 4.69) is 5.32 Å². The van der Waals surface area contributed by atoms with E-state index in [-0.39, 0.29) is 6.29 Å². The van der Waals surface area contributed by atoms with Crippen LogP contribution in [0.2, 0.25) is 0 Å². The van der Waals surface area contributed by atoms with Crippen LogP contribution in [0.25, 0.3) is 0 Å². The summed E-state index contributed by atoms with van der Waals surface area (Å²) in [7, 11) is 0. The smallest absolute Gasteiger partial charge is 0.174 e. The molecule has 0 radical (unpaired) electrons. The monoisotopic (exact) mass is 267 g/mol. The molecule has 0 atom stereocenters. The Morgan fingerprint density at radius 1 is 1.11 bits per heavy atom. The predicted octanol–water partition coefficient (Wildman–Crippen LogP) is 2.27. The maximum atomic E-state index is 5.54. The molecule has 5 nitrogen and oxygen atoms in total. The van der Waals surface area contributed by atoms with Crippen LogP contribution in [-0.2, 0) is 9.47 Å². The van der Waals surface area contributed by atoms with E-state index in [1.54, 1.807) is 0 Å². The van der Waals surface area contributed by atoms with Crippen LogP contribution >= 0.6 is 0 Å². The number of benzene rings is 1. The first-order valence-electron chi connectivity index (χ1n) is 6.70. The Labute approximate surface area is 113 Å². The molecule has 0 fully saturated rings. The number of fused-ring (bicyclic) bond motifs is 1. The Morgan fingerprint density at radius 2 is 1.79 bits per heavy atom. The number of ether oxygens (including phenoxy) is 4. The Morgan fingerprint density at radius 3 is 2.47 bits per heavy atom. The lowest BCUT2D eigenvalue weighted by Crippen LogP contribution is -2.26. The summed E-state index contributed by atoms with van der Waals surface area (Å²) in [5, 5.41) is 3.28. The summed E-state index contributed by atoms with van der Waals surface area (Å²) in [6.07, 6.45) is -0.233. The second kappa shape index (κ2) is 7.21. The van der Waals surface area contributed by atoms with Gasteiger partial charge >= 0.3 is 0 Å². The zero-order valence-electron chi connectivity index (χ0n) is 11.5. The maximum Gasteiger partial charge on any atom is 0.174 e. The highest BCUT2D eigenvalue weighted by molar-refractivity contribution is 5.55. The van der Waals surface area contributed by atoms with Gasteiger partial charge in [0, 0.05) is 25.0 Å². The van der Waals surface area contributed by atoms with Gasteiger partial charge in [0.2, 0.25) is 0 Å². The normalized spacial score (nSPS) is 13.6. The second-order valence-electron chi connectivity index (χ2n) is 4.08. The van der Waals surface area contributed by atoms with Gasteiger partial charge in [-0.05, 0) is 26.0 Å². The standard InChI is InChI=1S/C14H21NO4/c1-3-16-14(17-4-2)10-15-11-5-6-12-13(9-11)19-8-7-18-12/h5-6,9,14-15H,3-4,7-8,10H2,1-2H3. The zero-order chi connectivity index (χ0) is 13.5. The van der Waals surface area contributed by atoms with Crippen LogP contribution in [0.1, 0.15) is 13.8 Å². The molecule has 5 heteroatoms. The first-order chi connectivity index (χ1) is 9.33. The largest absolute Gasteiger partial charge is 0.486 e. The minimum Gasteiger partial charge on any atom is -0.486 e. The van der Waals surface area contributed by atoms with E-state index in [0.717, 1.165) is 17.2 Å². The van der Waals surface area contributed by atoms with Crippen molar-refractivity contribution < 1.29 is 18.9 Å². The van der Waals surface area contributed by atoms with Gasteiger partial charge in [-0.15, -0.1) is 0 Å². The Bertz CT molecular complexity index is 391. The van der Waals surface area contributed by atoms with Crippen molar-refractivity contribution in [3.8, 4) is 11.5 Å². The molecule has 0 bridgehead atoms. The van der Waals surface area contributed by atoms with Crippen molar-refractivity contribution >= 4 is 5.69 Å². The highest BCUT2D eigenvalue weighted by Crippen LogP contribution is 2.32. The first kappa shape index (κ1) is 14.0. The molecule has 0 amide bonds. The quantitative estimate of drug-likeness (QED) is 0.768. The molecular formula is C14H21NO4. The predicted molar refractivity (Wildman–Crippen MR) is 73.0 cm³/mol. The highest BCUT2D eigenvalue weighted by atomic mass is 16.7. The van der Waals surface area contributed by atoms with Gasteiger partial charge in [0.05, 0.1) is 6.54 Å². The molecule has 0 aliphatic carbocycles. The summed E-state index contributed by atoms with van der Waals surface area (Å²) in [4.78, 5) is 0. The van der Waals surface area contributed by atoms with Crippen molar-refractivity contribution in [2.24, 2.45) is 0 Å². The minimum absolute atomic E-state index is 0.233. The van der Waals surface area contributed by atoms with Crippen molar-refractivity contribution in [3.05, 3.63) is 18.2 Å². The molecule has 106 valence electrons. The molecule has 1 N–H and O–H groups in total. The van der Waals surface area contributed by atoms with Crippen LogP contribution < -0.4 is 14.8 Å². The molecule has 1 aromatic rings. The molecule has 0 saturated heterocycles. The van der Waals surface area contributed by atoms with E-state index < -0.39 is 0 Å². The summed E-state index contributed by atoms with van der Waals surface area (Å²) in [5.41, 5.74) is 0.966. The minimum atomic E-state index is -0.233. The number of anilines is 1. The van der Waals surface area contributed by atoms with E-state index in [1.807, 2.05) is 32.0 Å². The van der Waals surface area contributed by atoms with E-state index in [0.29, 0.717) is 33.0 Å². The van der Waals surface area contributed by atoms with Crippen molar-refractivity contribution in [2.75, 3.05) is 38.3 Å². The molecule has 0 spiro atoms. The number of rotatable bonds is 7. The fraction of sp³-hybridized carbons (Fsp3) is 0.571. The van der Waals surface area contributed by atoms with Gasteiger partial charge in [0.15, 0.2) is 17.8 Å². The third-order valence-corrected chi connectivity index (χ3v) is 2.72. The van der Waals surface area contributed by atoms with Crippen LogP contribution in [-0.4, -0.2) is 39.3 Å². The van der Waals surface area contributed by atoms with Crippen molar-refractivity contribution in [1.82, 2.24) is 0 Å². The molecular weight excluding hydrogens is 246 g/mol. The zero-order valence-corrected chi connectivity index (χ0v) is 11.5. The maximum absolute atomic E-state index is 5.54. The van der Waals surface area contributed by atoms with E-state index in [4.69, 9.17) is 18.9 Å². The summed E-state index contributed by atoms with van der Waals surface area (Å²) >= 11 is 0. The van der Waals surface area contributed by atoms with E-state index in [9.17, 15) is 0 Å².